The minimum absolute atomic E-state index is 0.0425. The zero-order valence-corrected chi connectivity index (χ0v) is 18.8. The van der Waals surface area contributed by atoms with Crippen molar-refractivity contribution in [2.75, 3.05) is 18.5 Å². The molecule has 0 aliphatic heterocycles. The van der Waals surface area contributed by atoms with E-state index in [1.807, 2.05) is 26.0 Å². The number of benzene rings is 1. The number of hydrogen-bond acceptors (Lipinski definition) is 6. The fourth-order valence-corrected chi connectivity index (χ4v) is 4.05. The van der Waals surface area contributed by atoms with E-state index in [0.717, 1.165) is 40.6 Å². The lowest BCUT2D eigenvalue weighted by atomic mass is 9.96. The quantitative estimate of drug-likeness (QED) is 0.562. The summed E-state index contributed by atoms with van der Waals surface area (Å²) in [6.45, 7) is 7.66. The molecule has 1 aromatic carbocycles. The van der Waals surface area contributed by atoms with Gasteiger partial charge in [-0.15, -0.1) is 0 Å². The van der Waals surface area contributed by atoms with Gasteiger partial charge < -0.3 is 14.6 Å². The van der Waals surface area contributed by atoms with E-state index in [1.54, 1.807) is 25.4 Å². The predicted molar refractivity (Wildman–Crippen MR) is 124 cm³/mol. The fourth-order valence-electron chi connectivity index (χ4n) is 4.05. The number of ether oxygens (including phenoxy) is 1. The Morgan fingerprint density at radius 1 is 1.25 bits per heavy atom. The van der Waals surface area contributed by atoms with Crippen LogP contribution in [0, 0.1) is 13.8 Å². The van der Waals surface area contributed by atoms with Crippen LogP contribution in [0.15, 0.2) is 35.4 Å². The van der Waals surface area contributed by atoms with Gasteiger partial charge in [0.1, 0.15) is 17.2 Å². The molecule has 1 aliphatic carbocycles. The summed E-state index contributed by atoms with van der Waals surface area (Å²) in [5.41, 5.74) is 4.43. The molecule has 0 radical (unpaired) electrons. The normalized spacial score (nSPS) is 13.2. The van der Waals surface area contributed by atoms with Crippen LogP contribution in [0.3, 0.4) is 0 Å². The van der Waals surface area contributed by atoms with Crippen molar-refractivity contribution in [1.82, 2.24) is 9.55 Å². The highest BCUT2D eigenvalue weighted by atomic mass is 16.5. The first-order valence-corrected chi connectivity index (χ1v) is 10.9. The molecule has 1 aliphatic rings. The molecule has 0 spiro atoms. The average Bonchev–Trinajstić information content (AvgIpc) is 3.59. The number of anilines is 1. The zero-order valence-electron chi connectivity index (χ0n) is 18.8. The summed E-state index contributed by atoms with van der Waals surface area (Å²) in [4.78, 5) is 41.2. The highest BCUT2D eigenvalue weighted by Gasteiger charge is 2.28. The van der Waals surface area contributed by atoms with Crippen molar-refractivity contribution < 1.29 is 14.3 Å². The number of rotatable bonds is 7. The monoisotopic (exact) mass is 433 g/mol. The van der Waals surface area contributed by atoms with Crippen LogP contribution in [0.1, 0.15) is 54.2 Å². The summed E-state index contributed by atoms with van der Waals surface area (Å²) in [6, 6.07) is 6.00. The van der Waals surface area contributed by atoms with Gasteiger partial charge in [0, 0.05) is 29.4 Å². The van der Waals surface area contributed by atoms with Gasteiger partial charge in [-0.3, -0.25) is 9.59 Å². The van der Waals surface area contributed by atoms with Crippen molar-refractivity contribution in [2.45, 2.75) is 46.6 Å². The molecule has 4 rings (SSSR count). The Hall–Kier alpha value is -3.48. The van der Waals surface area contributed by atoms with Gasteiger partial charge in [-0.25, -0.2) is 9.78 Å². The molecule has 2 aromatic heterocycles. The molecule has 166 valence electrons. The van der Waals surface area contributed by atoms with Gasteiger partial charge in [-0.05, 0) is 69.4 Å². The number of hydrogen-bond donors (Lipinski definition) is 1. The van der Waals surface area contributed by atoms with Crippen LogP contribution in [-0.2, 0) is 9.53 Å². The van der Waals surface area contributed by atoms with E-state index in [9.17, 15) is 14.4 Å². The molecule has 0 amide bonds. The van der Waals surface area contributed by atoms with Crippen LogP contribution in [0.25, 0.3) is 22.0 Å². The van der Waals surface area contributed by atoms with Gasteiger partial charge in [0.05, 0.1) is 18.7 Å². The SMILES string of the molecule is CCOC(=O)c1cn(C2CC2)c2c(C)c(-c3cnc(NCC(C)=O)c(C)c3)ccc2c1=O. The summed E-state index contributed by atoms with van der Waals surface area (Å²) in [5, 5.41) is 3.57. The van der Waals surface area contributed by atoms with Crippen molar-refractivity contribution in [1.29, 1.82) is 0 Å². The van der Waals surface area contributed by atoms with E-state index < -0.39 is 5.97 Å². The number of fused-ring (bicyclic) bond motifs is 1. The Balaban J connectivity index is 1.84. The average molecular weight is 434 g/mol. The first kappa shape index (κ1) is 21.7. The molecule has 0 atom stereocenters. The number of aromatic nitrogens is 2. The number of pyridine rings is 2. The number of nitrogens with zero attached hydrogens (tertiary/aromatic N) is 2. The molecule has 32 heavy (non-hydrogen) atoms. The predicted octanol–water partition coefficient (Wildman–Crippen LogP) is 4.19. The Morgan fingerprint density at radius 3 is 2.62 bits per heavy atom. The Kier molecular flexibility index (Phi) is 5.82. The third-order valence-corrected chi connectivity index (χ3v) is 5.78. The van der Waals surface area contributed by atoms with Crippen LogP contribution >= 0.6 is 0 Å². The highest BCUT2D eigenvalue weighted by Crippen LogP contribution is 2.39. The molecule has 7 heteroatoms. The largest absolute Gasteiger partial charge is 0.462 e. The minimum atomic E-state index is -0.580. The van der Waals surface area contributed by atoms with Crippen molar-refractivity contribution in [3.05, 3.63) is 57.5 Å². The summed E-state index contributed by atoms with van der Waals surface area (Å²) >= 11 is 0. The standard InChI is InChI=1S/C25H27N3O4/c1-5-32-25(31)21-13-28(18-6-7-18)22-16(4)19(8-9-20(22)23(21)30)17-10-14(2)24(27-12-17)26-11-15(3)29/h8-10,12-13,18H,5-7,11H2,1-4H3,(H,26,27). The summed E-state index contributed by atoms with van der Waals surface area (Å²) in [6.07, 6.45) is 5.47. The molecule has 0 bridgehead atoms. The topological polar surface area (TPSA) is 90.3 Å². The molecule has 2 heterocycles. The van der Waals surface area contributed by atoms with E-state index in [-0.39, 0.29) is 36.0 Å². The first-order chi connectivity index (χ1) is 15.3. The molecule has 0 saturated heterocycles. The summed E-state index contributed by atoms with van der Waals surface area (Å²) in [5.74, 6) is 0.140. The van der Waals surface area contributed by atoms with E-state index in [1.165, 1.54) is 6.92 Å². The third-order valence-electron chi connectivity index (χ3n) is 5.78. The second-order valence-electron chi connectivity index (χ2n) is 8.31. The summed E-state index contributed by atoms with van der Waals surface area (Å²) in [7, 11) is 0. The van der Waals surface area contributed by atoms with E-state index >= 15 is 0 Å². The Morgan fingerprint density at radius 2 is 2.00 bits per heavy atom. The maximum atomic E-state index is 13.1. The lowest BCUT2D eigenvalue weighted by Gasteiger charge is -2.17. The fraction of sp³-hybridized carbons (Fsp3) is 0.360. The number of carbonyl (C=O) groups excluding carboxylic acids is 2. The van der Waals surface area contributed by atoms with Gasteiger partial charge in [-0.1, -0.05) is 6.07 Å². The smallest absolute Gasteiger partial charge is 0.343 e. The van der Waals surface area contributed by atoms with Crippen molar-refractivity contribution in [3.63, 3.8) is 0 Å². The maximum Gasteiger partial charge on any atom is 0.343 e. The molecule has 3 aromatic rings. The molecule has 0 unspecified atom stereocenters. The van der Waals surface area contributed by atoms with Gasteiger partial charge in [0.2, 0.25) is 5.43 Å². The van der Waals surface area contributed by atoms with Gasteiger partial charge >= 0.3 is 5.97 Å². The number of ketones is 1. The van der Waals surface area contributed by atoms with Gasteiger partial charge in [0.15, 0.2) is 0 Å². The molecule has 1 N–H and O–H groups in total. The molecule has 1 saturated carbocycles. The zero-order chi connectivity index (χ0) is 23.0. The molecule has 7 nitrogen and oxygen atoms in total. The maximum absolute atomic E-state index is 13.1. The van der Waals surface area contributed by atoms with Crippen LogP contribution in [0.5, 0.6) is 0 Å². The van der Waals surface area contributed by atoms with E-state index in [0.29, 0.717) is 11.2 Å². The van der Waals surface area contributed by atoms with E-state index in [2.05, 4.69) is 14.9 Å². The van der Waals surface area contributed by atoms with Gasteiger partial charge in [0.25, 0.3) is 0 Å². The number of nitrogens with one attached hydrogen (secondary N) is 1. The minimum Gasteiger partial charge on any atom is -0.462 e. The van der Waals surface area contributed by atoms with Crippen molar-refractivity contribution in [3.8, 4) is 11.1 Å². The highest BCUT2D eigenvalue weighted by molar-refractivity contribution is 5.96. The second kappa shape index (κ2) is 8.57. The first-order valence-electron chi connectivity index (χ1n) is 10.9. The van der Waals surface area contributed by atoms with Crippen molar-refractivity contribution in [2.24, 2.45) is 0 Å². The number of carbonyl (C=O) groups is 2. The molecular formula is C25H27N3O4. The van der Waals surface area contributed by atoms with Gasteiger partial charge in [-0.2, -0.15) is 0 Å². The van der Waals surface area contributed by atoms with Crippen LogP contribution in [0.2, 0.25) is 0 Å². The molecular weight excluding hydrogens is 406 g/mol. The summed E-state index contributed by atoms with van der Waals surface area (Å²) < 4.78 is 7.17. The number of Topliss-reactive ketones (excluding diaryl/α,β-unsaturated/α-hetero) is 1. The Labute approximate surface area is 186 Å². The lowest BCUT2D eigenvalue weighted by Crippen LogP contribution is -2.21. The number of aryl methyl sites for hydroxylation is 2. The molecule has 1 fully saturated rings. The lowest BCUT2D eigenvalue weighted by molar-refractivity contribution is -0.115. The van der Waals surface area contributed by atoms with Crippen LogP contribution in [-0.4, -0.2) is 34.5 Å². The van der Waals surface area contributed by atoms with Crippen molar-refractivity contribution >= 4 is 28.5 Å². The number of esters is 1. The third kappa shape index (κ3) is 4.02. The Bertz CT molecular complexity index is 1290. The van der Waals surface area contributed by atoms with E-state index in [4.69, 9.17) is 4.74 Å². The van der Waals surface area contributed by atoms with Crippen LogP contribution < -0.4 is 10.7 Å². The second-order valence-corrected chi connectivity index (χ2v) is 8.31. The van der Waals surface area contributed by atoms with Crippen LogP contribution in [0.4, 0.5) is 5.82 Å².